The van der Waals surface area contributed by atoms with E-state index in [0.29, 0.717) is 5.69 Å². The molecule has 3 aromatic rings. The van der Waals surface area contributed by atoms with E-state index in [2.05, 4.69) is 32.8 Å². The van der Waals surface area contributed by atoms with Crippen LogP contribution in [0, 0.1) is 13.8 Å². The molecule has 7 nitrogen and oxygen atoms in total. The molecule has 0 bridgehead atoms. The molecule has 3 rings (SSSR count). The number of hydrogen-bond acceptors (Lipinski definition) is 8. The van der Waals surface area contributed by atoms with Gasteiger partial charge in [-0.25, -0.2) is 0 Å². The molecule has 0 amide bonds. The van der Waals surface area contributed by atoms with Crippen LogP contribution in [-0.4, -0.2) is 27.1 Å². The van der Waals surface area contributed by atoms with Crippen molar-refractivity contribution in [3.05, 3.63) is 29.3 Å². The van der Waals surface area contributed by atoms with Crippen molar-refractivity contribution in [2.24, 2.45) is 0 Å². The quantitative estimate of drug-likeness (QED) is 0.774. The second kappa shape index (κ2) is 5.65. The first-order chi connectivity index (χ1) is 10.1. The molecule has 3 heterocycles. The van der Waals surface area contributed by atoms with Crippen LogP contribution in [0.2, 0.25) is 0 Å². The Labute approximate surface area is 125 Å². The molecule has 8 heteroatoms. The lowest BCUT2D eigenvalue weighted by atomic mass is 10.00. The molecule has 1 N–H and O–H groups in total. The SMILES string of the molecule is Cc1noc(C)c1C(C)CNc1nnc(-c2ccon2)s1. The fourth-order valence-electron chi connectivity index (χ4n) is 2.26. The third-order valence-corrected chi connectivity index (χ3v) is 4.13. The van der Waals surface area contributed by atoms with E-state index in [1.54, 1.807) is 6.07 Å². The van der Waals surface area contributed by atoms with Gasteiger partial charge < -0.3 is 14.4 Å². The molecule has 0 radical (unpaired) electrons. The summed E-state index contributed by atoms with van der Waals surface area (Å²) in [5.74, 6) is 1.14. The van der Waals surface area contributed by atoms with E-state index < -0.39 is 0 Å². The van der Waals surface area contributed by atoms with Gasteiger partial charge in [-0.05, 0) is 13.8 Å². The maximum Gasteiger partial charge on any atom is 0.206 e. The van der Waals surface area contributed by atoms with E-state index in [1.165, 1.54) is 17.6 Å². The second-order valence-electron chi connectivity index (χ2n) is 4.82. The molecule has 0 saturated heterocycles. The molecule has 0 spiro atoms. The van der Waals surface area contributed by atoms with Gasteiger partial charge in [0.1, 0.15) is 17.7 Å². The Kier molecular flexibility index (Phi) is 3.70. The van der Waals surface area contributed by atoms with Gasteiger partial charge in [0.2, 0.25) is 5.13 Å². The van der Waals surface area contributed by atoms with Crippen molar-refractivity contribution in [1.29, 1.82) is 0 Å². The zero-order valence-corrected chi connectivity index (χ0v) is 12.8. The number of rotatable bonds is 5. The summed E-state index contributed by atoms with van der Waals surface area (Å²) in [6.07, 6.45) is 1.52. The molecule has 1 atom stereocenters. The highest BCUT2D eigenvalue weighted by molar-refractivity contribution is 7.18. The lowest BCUT2D eigenvalue weighted by molar-refractivity contribution is 0.391. The average Bonchev–Trinajstić information content (AvgIpc) is 3.17. The van der Waals surface area contributed by atoms with Gasteiger partial charge in [0.25, 0.3) is 0 Å². The van der Waals surface area contributed by atoms with E-state index in [1.807, 2.05) is 13.8 Å². The summed E-state index contributed by atoms with van der Waals surface area (Å²) in [7, 11) is 0. The van der Waals surface area contributed by atoms with E-state index in [4.69, 9.17) is 9.05 Å². The first-order valence-corrected chi connectivity index (χ1v) is 7.37. The smallest absolute Gasteiger partial charge is 0.206 e. The lowest BCUT2D eigenvalue weighted by Gasteiger charge is -2.11. The zero-order valence-electron chi connectivity index (χ0n) is 12.0. The Morgan fingerprint density at radius 1 is 1.29 bits per heavy atom. The van der Waals surface area contributed by atoms with Crippen LogP contribution in [-0.2, 0) is 0 Å². The van der Waals surface area contributed by atoms with Crippen molar-refractivity contribution in [2.75, 3.05) is 11.9 Å². The molecule has 0 aliphatic carbocycles. The third-order valence-electron chi connectivity index (χ3n) is 3.22. The summed E-state index contributed by atoms with van der Waals surface area (Å²) >= 11 is 1.44. The Hall–Kier alpha value is -2.22. The van der Waals surface area contributed by atoms with Gasteiger partial charge in [-0.1, -0.05) is 28.6 Å². The van der Waals surface area contributed by atoms with E-state index in [-0.39, 0.29) is 5.92 Å². The standard InChI is InChI=1S/C13H15N5O2S/c1-7(11-8(2)17-20-9(11)3)6-14-13-16-15-12(21-13)10-4-5-19-18-10/h4-5,7H,6H2,1-3H3,(H,14,16). The van der Waals surface area contributed by atoms with Crippen LogP contribution in [0.15, 0.2) is 21.4 Å². The second-order valence-corrected chi connectivity index (χ2v) is 5.79. The molecule has 0 fully saturated rings. The van der Waals surface area contributed by atoms with Gasteiger partial charge in [0, 0.05) is 24.1 Å². The average molecular weight is 305 g/mol. The van der Waals surface area contributed by atoms with Crippen molar-refractivity contribution >= 4 is 16.5 Å². The summed E-state index contributed by atoms with van der Waals surface area (Å²) < 4.78 is 10.0. The first-order valence-electron chi connectivity index (χ1n) is 6.56. The van der Waals surface area contributed by atoms with Crippen LogP contribution in [0.1, 0.15) is 29.9 Å². The predicted molar refractivity (Wildman–Crippen MR) is 78.3 cm³/mol. The Balaban J connectivity index is 1.66. The van der Waals surface area contributed by atoms with Gasteiger partial charge in [0.15, 0.2) is 5.01 Å². The number of nitrogens with zero attached hydrogens (tertiary/aromatic N) is 4. The van der Waals surface area contributed by atoms with E-state index >= 15 is 0 Å². The largest absolute Gasteiger partial charge is 0.364 e. The molecule has 21 heavy (non-hydrogen) atoms. The van der Waals surface area contributed by atoms with Crippen molar-refractivity contribution < 1.29 is 9.05 Å². The van der Waals surface area contributed by atoms with Crippen LogP contribution >= 0.6 is 11.3 Å². The van der Waals surface area contributed by atoms with Gasteiger partial charge in [-0.3, -0.25) is 0 Å². The zero-order chi connectivity index (χ0) is 14.8. The minimum Gasteiger partial charge on any atom is -0.364 e. The number of hydrogen-bond donors (Lipinski definition) is 1. The Morgan fingerprint density at radius 3 is 2.81 bits per heavy atom. The number of anilines is 1. The molecule has 110 valence electrons. The molecule has 0 aliphatic heterocycles. The molecule has 3 aromatic heterocycles. The first kappa shape index (κ1) is 13.7. The van der Waals surface area contributed by atoms with Gasteiger partial charge in [-0.15, -0.1) is 10.2 Å². The maximum absolute atomic E-state index is 5.20. The highest BCUT2D eigenvalue weighted by atomic mass is 32.1. The van der Waals surface area contributed by atoms with Crippen molar-refractivity contribution in [1.82, 2.24) is 20.5 Å². The summed E-state index contributed by atoms with van der Waals surface area (Å²) in [6, 6.07) is 1.76. The van der Waals surface area contributed by atoms with Crippen molar-refractivity contribution in [3.63, 3.8) is 0 Å². The van der Waals surface area contributed by atoms with Crippen molar-refractivity contribution in [3.8, 4) is 10.7 Å². The third kappa shape index (κ3) is 2.80. The number of aromatic nitrogens is 4. The minimum absolute atomic E-state index is 0.274. The highest BCUT2D eigenvalue weighted by Crippen LogP contribution is 2.27. The highest BCUT2D eigenvalue weighted by Gasteiger charge is 2.17. The summed E-state index contributed by atoms with van der Waals surface area (Å²) in [5, 5.41) is 20.8. The molecular formula is C13H15N5O2S. The van der Waals surface area contributed by atoms with Crippen LogP contribution < -0.4 is 5.32 Å². The topological polar surface area (TPSA) is 89.9 Å². The van der Waals surface area contributed by atoms with Gasteiger partial charge in [-0.2, -0.15) is 0 Å². The van der Waals surface area contributed by atoms with Crippen LogP contribution in [0.25, 0.3) is 10.7 Å². The molecule has 0 saturated carbocycles. The van der Waals surface area contributed by atoms with E-state index in [9.17, 15) is 0 Å². The van der Waals surface area contributed by atoms with Gasteiger partial charge >= 0.3 is 0 Å². The van der Waals surface area contributed by atoms with Crippen LogP contribution in [0.3, 0.4) is 0 Å². The minimum atomic E-state index is 0.274. The molecule has 0 aliphatic rings. The normalized spacial score (nSPS) is 12.5. The van der Waals surface area contributed by atoms with Gasteiger partial charge in [0.05, 0.1) is 5.69 Å². The van der Waals surface area contributed by atoms with Crippen LogP contribution in [0.5, 0.6) is 0 Å². The maximum atomic E-state index is 5.20. The fraction of sp³-hybridized carbons (Fsp3) is 0.385. The Morgan fingerprint density at radius 2 is 2.14 bits per heavy atom. The summed E-state index contributed by atoms with van der Waals surface area (Å²) in [4.78, 5) is 0. The lowest BCUT2D eigenvalue weighted by Crippen LogP contribution is -2.10. The molecule has 1 unspecified atom stereocenters. The number of nitrogens with one attached hydrogen (secondary N) is 1. The monoisotopic (exact) mass is 305 g/mol. The van der Waals surface area contributed by atoms with Crippen molar-refractivity contribution in [2.45, 2.75) is 26.7 Å². The number of aryl methyl sites for hydroxylation is 2. The van der Waals surface area contributed by atoms with Crippen LogP contribution in [0.4, 0.5) is 5.13 Å². The fourth-order valence-corrected chi connectivity index (χ4v) is 2.97. The summed E-state index contributed by atoms with van der Waals surface area (Å²) in [5.41, 5.74) is 2.77. The molecular weight excluding hydrogens is 290 g/mol. The summed E-state index contributed by atoms with van der Waals surface area (Å²) in [6.45, 7) is 6.74. The Bertz CT molecular complexity index is 699. The van der Waals surface area contributed by atoms with E-state index in [0.717, 1.165) is 33.7 Å². The molecule has 0 aromatic carbocycles. The predicted octanol–water partition coefficient (Wildman–Crippen LogP) is 3.01.